The molecule has 8 heteroatoms. The first-order valence-electron chi connectivity index (χ1n) is 8.93. The molecule has 0 spiro atoms. The lowest BCUT2D eigenvalue weighted by Crippen LogP contribution is -2.30. The fraction of sp³-hybridized carbons (Fsp3) is 0. The molecule has 2 heterocycles. The summed E-state index contributed by atoms with van der Waals surface area (Å²) < 4.78 is 0.700. The minimum Gasteiger partial charge on any atom is -0.399 e. The summed E-state index contributed by atoms with van der Waals surface area (Å²) in [5, 5.41) is 0. The summed E-state index contributed by atoms with van der Waals surface area (Å²) in [5.41, 5.74) is 7.97. The number of hydrogen-bond donors (Lipinski definition) is 1. The van der Waals surface area contributed by atoms with E-state index in [4.69, 9.17) is 5.73 Å². The Hall–Kier alpha value is -3.78. The lowest BCUT2D eigenvalue weighted by Gasteiger charge is -2.17. The summed E-state index contributed by atoms with van der Waals surface area (Å²) in [6.07, 6.45) is 0. The Morgan fingerprint density at radius 3 is 1.53 bits per heavy atom. The van der Waals surface area contributed by atoms with Gasteiger partial charge in [0.25, 0.3) is 23.6 Å². The summed E-state index contributed by atoms with van der Waals surface area (Å²) in [4.78, 5) is 53.0. The second-order valence-corrected chi connectivity index (χ2v) is 7.82. The molecule has 30 heavy (non-hydrogen) atoms. The van der Waals surface area contributed by atoms with E-state index in [9.17, 15) is 19.2 Å². The van der Waals surface area contributed by atoms with Crippen molar-refractivity contribution in [3.8, 4) is 0 Å². The van der Waals surface area contributed by atoms with Crippen LogP contribution in [0.5, 0.6) is 0 Å². The van der Waals surface area contributed by atoms with Gasteiger partial charge in [-0.25, -0.2) is 9.80 Å². The van der Waals surface area contributed by atoms with E-state index < -0.39 is 23.6 Å². The molecular weight excluding hydrogens is 450 g/mol. The van der Waals surface area contributed by atoms with Crippen molar-refractivity contribution in [2.75, 3.05) is 15.5 Å². The van der Waals surface area contributed by atoms with Crippen molar-refractivity contribution < 1.29 is 19.2 Å². The molecule has 0 saturated heterocycles. The summed E-state index contributed by atoms with van der Waals surface area (Å²) in [7, 11) is 0. The molecule has 0 saturated carbocycles. The number of carbonyl (C=O) groups excluding carboxylic acids is 4. The van der Waals surface area contributed by atoms with Crippen LogP contribution in [0.4, 0.5) is 17.1 Å². The number of fused-ring (bicyclic) bond motifs is 2. The molecule has 0 unspecified atom stereocenters. The number of amides is 4. The number of imide groups is 2. The molecule has 3 aromatic carbocycles. The number of hydrogen-bond acceptors (Lipinski definition) is 5. The van der Waals surface area contributed by atoms with Gasteiger partial charge in [0, 0.05) is 10.2 Å². The van der Waals surface area contributed by atoms with Crippen LogP contribution in [0, 0.1) is 0 Å². The standard InChI is InChI=1S/C22H12BrN3O4/c23-11-1-7-15-17(9-11)21(29)25(19(15)27)13-3-5-14(6-4-13)26-20(28)16-8-2-12(24)10-18(16)22(26)30/h1-10H,24H2. The minimum atomic E-state index is -0.472. The molecule has 0 aromatic heterocycles. The van der Waals surface area contributed by atoms with Crippen LogP contribution >= 0.6 is 15.9 Å². The van der Waals surface area contributed by atoms with E-state index in [1.54, 1.807) is 24.3 Å². The summed E-state index contributed by atoms with van der Waals surface area (Å²) >= 11 is 3.30. The molecule has 0 aliphatic carbocycles. The van der Waals surface area contributed by atoms with Crippen molar-refractivity contribution in [2.24, 2.45) is 0 Å². The molecule has 2 aliphatic rings. The monoisotopic (exact) mass is 461 g/mol. The van der Waals surface area contributed by atoms with E-state index >= 15 is 0 Å². The second-order valence-electron chi connectivity index (χ2n) is 6.90. The van der Waals surface area contributed by atoms with Gasteiger partial charge in [0.2, 0.25) is 0 Å². The van der Waals surface area contributed by atoms with E-state index in [0.717, 1.165) is 9.80 Å². The Morgan fingerprint density at radius 2 is 1.00 bits per heavy atom. The van der Waals surface area contributed by atoms with Crippen LogP contribution < -0.4 is 15.5 Å². The molecule has 146 valence electrons. The molecule has 4 amide bonds. The zero-order valence-electron chi connectivity index (χ0n) is 15.3. The highest BCUT2D eigenvalue weighted by molar-refractivity contribution is 9.10. The topological polar surface area (TPSA) is 101 Å². The molecule has 7 nitrogen and oxygen atoms in total. The van der Waals surface area contributed by atoms with E-state index in [1.807, 2.05) is 0 Å². The fourth-order valence-electron chi connectivity index (χ4n) is 3.69. The van der Waals surface area contributed by atoms with E-state index in [-0.39, 0.29) is 11.1 Å². The SMILES string of the molecule is Nc1ccc2c(c1)C(=O)N(c1ccc(N3C(=O)c4ccc(Br)cc4C3=O)cc1)C2=O. The highest BCUT2D eigenvalue weighted by Gasteiger charge is 2.38. The van der Waals surface area contributed by atoms with Crippen molar-refractivity contribution in [3.63, 3.8) is 0 Å². The molecule has 0 fully saturated rings. The summed E-state index contributed by atoms with van der Waals surface area (Å²) in [6.45, 7) is 0. The van der Waals surface area contributed by atoms with Gasteiger partial charge in [0.05, 0.1) is 33.6 Å². The van der Waals surface area contributed by atoms with Gasteiger partial charge in [0.15, 0.2) is 0 Å². The van der Waals surface area contributed by atoms with Gasteiger partial charge < -0.3 is 5.73 Å². The van der Waals surface area contributed by atoms with Crippen molar-refractivity contribution in [3.05, 3.63) is 87.4 Å². The number of nitrogens with zero attached hydrogens (tertiary/aromatic N) is 2. The third kappa shape index (κ3) is 2.50. The maximum atomic E-state index is 12.7. The Kier molecular flexibility index (Phi) is 3.87. The van der Waals surface area contributed by atoms with Crippen LogP contribution in [0.25, 0.3) is 0 Å². The maximum Gasteiger partial charge on any atom is 0.266 e. The lowest BCUT2D eigenvalue weighted by molar-refractivity contribution is 0.0909. The van der Waals surface area contributed by atoms with Crippen molar-refractivity contribution in [2.45, 2.75) is 0 Å². The smallest absolute Gasteiger partial charge is 0.266 e. The van der Waals surface area contributed by atoms with Gasteiger partial charge in [-0.1, -0.05) is 15.9 Å². The predicted octanol–water partition coefficient (Wildman–Crippen LogP) is 3.63. The molecule has 3 aromatic rings. The first-order chi connectivity index (χ1) is 14.4. The quantitative estimate of drug-likeness (QED) is 0.463. The number of rotatable bonds is 2. The van der Waals surface area contributed by atoms with Gasteiger partial charge >= 0.3 is 0 Å². The number of carbonyl (C=O) groups is 4. The largest absolute Gasteiger partial charge is 0.399 e. The first kappa shape index (κ1) is 18.3. The fourth-order valence-corrected chi connectivity index (χ4v) is 4.05. The van der Waals surface area contributed by atoms with Gasteiger partial charge in [0.1, 0.15) is 0 Å². The average Bonchev–Trinajstić information content (AvgIpc) is 3.12. The molecule has 0 bridgehead atoms. The van der Waals surface area contributed by atoms with Gasteiger partial charge in [-0.2, -0.15) is 0 Å². The van der Waals surface area contributed by atoms with Gasteiger partial charge in [-0.15, -0.1) is 0 Å². The molecule has 0 radical (unpaired) electrons. The number of anilines is 3. The Balaban J connectivity index is 1.48. The number of benzene rings is 3. The molecule has 0 atom stereocenters. The molecular formula is C22H12BrN3O4. The number of nitrogen functional groups attached to an aromatic ring is 1. The third-order valence-electron chi connectivity index (χ3n) is 5.13. The van der Waals surface area contributed by atoms with Crippen LogP contribution in [0.1, 0.15) is 41.4 Å². The Labute approximate surface area is 178 Å². The molecule has 5 rings (SSSR count). The summed E-state index contributed by atoms with van der Waals surface area (Å²) in [5.74, 6) is -1.78. The first-order valence-corrected chi connectivity index (χ1v) is 9.73. The highest BCUT2D eigenvalue weighted by atomic mass is 79.9. The second kappa shape index (κ2) is 6.36. The number of halogens is 1. The van der Waals surface area contributed by atoms with Crippen molar-refractivity contribution >= 4 is 56.6 Å². The predicted molar refractivity (Wildman–Crippen MR) is 114 cm³/mol. The average molecular weight is 462 g/mol. The van der Waals surface area contributed by atoms with Gasteiger partial charge in [-0.05, 0) is 60.7 Å². The zero-order valence-corrected chi connectivity index (χ0v) is 16.8. The van der Waals surface area contributed by atoms with Crippen LogP contribution in [-0.4, -0.2) is 23.6 Å². The van der Waals surface area contributed by atoms with Crippen LogP contribution in [0.3, 0.4) is 0 Å². The molecule has 2 N–H and O–H groups in total. The van der Waals surface area contributed by atoms with E-state index in [0.29, 0.717) is 32.7 Å². The zero-order chi connectivity index (χ0) is 21.2. The van der Waals surface area contributed by atoms with Crippen molar-refractivity contribution in [1.82, 2.24) is 0 Å². The Morgan fingerprint density at radius 1 is 0.567 bits per heavy atom. The summed E-state index contributed by atoms with van der Waals surface area (Å²) in [6, 6.07) is 15.6. The van der Waals surface area contributed by atoms with E-state index in [2.05, 4.69) is 15.9 Å². The molecule has 2 aliphatic heterocycles. The minimum absolute atomic E-state index is 0.245. The van der Waals surface area contributed by atoms with Gasteiger partial charge in [-0.3, -0.25) is 19.2 Å². The highest BCUT2D eigenvalue weighted by Crippen LogP contribution is 2.34. The Bertz CT molecular complexity index is 1200. The van der Waals surface area contributed by atoms with Crippen LogP contribution in [-0.2, 0) is 0 Å². The van der Waals surface area contributed by atoms with Crippen LogP contribution in [0.2, 0.25) is 0 Å². The lowest BCUT2D eigenvalue weighted by atomic mass is 10.1. The third-order valence-corrected chi connectivity index (χ3v) is 5.62. The van der Waals surface area contributed by atoms with Crippen molar-refractivity contribution in [1.29, 1.82) is 0 Å². The van der Waals surface area contributed by atoms with Crippen LogP contribution in [0.15, 0.2) is 65.1 Å². The maximum absolute atomic E-state index is 12.7. The number of nitrogens with two attached hydrogens (primary N) is 1. The van der Waals surface area contributed by atoms with E-state index in [1.165, 1.54) is 36.4 Å². The normalized spacial score (nSPS) is 15.1.